The van der Waals surface area contributed by atoms with Crippen LogP contribution in [0.25, 0.3) is 0 Å². The Balaban J connectivity index is 3.11. The summed E-state index contributed by atoms with van der Waals surface area (Å²) in [5, 5.41) is 19.5. The van der Waals surface area contributed by atoms with E-state index in [-0.39, 0.29) is 16.8 Å². The zero-order valence-electron chi connectivity index (χ0n) is 9.34. The zero-order valence-corrected chi connectivity index (χ0v) is 9.34. The highest BCUT2D eigenvalue weighted by Crippen LogP contribution is 2.34. The largest absolute Gasteiger partial charge is 0.416 e. The molecule has 0 saturated carbocycles. The van der Waals surface area contributed by atoms with Gasteiger partial charge < -0.3 is 5.32 Å². The summed E-state index contributed by atoms with van der Waals surface area (Å²) in [6.07, 6.45) is -3.36. The van der Waals surface area contributed by atoms with Crippen LogP contribution in [-0.4, -0.2) is 0 Å². The van der Waals surface area contributed by atoms with Crippen LogP contribution >= 0.6 is 0 Å². The number of anilines is 1. The molecular weight excluding hydrogens is 243 g/mol. The number of rotatable bonds is 2. The van der Waals surface area contributed by atoms with E-state index >= 15 is 0 Å². The molecule has 0 saturated heterocycles. The third-order valence-corrected chi connectivity index (χ3v) is 2.25. The van der Waals surface area contributed by atoms with E-state index in [1.807, 2.05) is 0 Å². The summed E-state index contributed by atoms with van der Waals surface area (Å²) in [6, 6.07) is 6.87. The molecule has 1 aromatic carbocycles. The number of nitriles is 2. The van der Waals surface area contributed by atoms with Crippen LogP contribution in [-0.2, 0) is 6.18 Å². The molecule has 0 aliphatic heterocycles. The number of nitrogens with zero attached hydrogens (tertiary/aromatic N) is 2. The van der Waals surface area contributed by atoms with E-state index in [9.17, 15) is 13.2 Å². The molecule has 0 radical (unpaired) electrons. The molecule has 6 heteroatoms. The first kappa shape index (κ1) is 13.6. The molecule has 0 heterocycles. The number of hydrogen-bond donors (Lipinski definition) is 1. The van der Waals surface area contributed by atoms with Crippen molar-refractivity contribution in [1.82, 2.24) is 0 Å². The molecule has 18 heavy (non-hydrogen) atoms. The van der Waals surface area contributed by atoms with Crippen molar-refractivity contribution in [3.63, 3.8) is 0 Å². The van der Waals surface area contributed by atoms with E-state index in [0.29, 0.717) is 0 Å². The van der Waals surface area contributed by atoms with E-state index in [0.717, 1.165) is 12.3 Å². The minimum atomic E-state index is -4.43. The summed E-state index contributed by atoms with van der Waals surface area (Å²) in [5.41, 5.74) is -0.757. The molecule has 92 valence electrons. The van der Waals surface area contributed by atoms with Gasteiger partial charge in [-0.15, -0.1) is 0 Å². The van der Waals surface area contributed by atoms with E-state index < -0.39 is 11.7 Å². The summed E-state index contributed by atoms with van der Waals surface area (Å²) < 4.78 is 37.8. The number of allylic oxidation sites excluding steroid dienone is 1. The molecule has 0 atom stereocenters. The van der Waals surface area contributed by atoms with Crippen LogP contribution in [0.1, 0.15) is 11.1 Å². The second-order valence-electron chi connectivity index (χ2n) is 3.40. The molecule has 1 N–H and O–H groups in total. The lowest BCUT2D eigenvalue weighted by molar-refractivity contribution is -0.138. The number of nitrogens with one attached hydrogen (secondary N) is 1. The highest BCUT2D eigenvalue weighted by Gasteiger charge is 2.32. The summed E-state index contributed by atoms with van der Waals surface area (Å²) >= 11 is 0. The van der Waals surface area contributed by atoms with Crippen molar-refractivity contribution in [1.29, 1.82) is 10.5 Å². The smallest absolute Gasteiger partial charge is 0.360 e. The Morgan fingerprint density at radius 1 is 1.28 bits per heavy atom. The van der Waals surface area contributed by atoms with Gasteiger partial charge in [0.1, 0.15) is 17.7 Å². The van der Waals surface area contributed by atoms with E-state index in [1.54, 1.807) is 12.1 Å². The average Bonchev–Trinajstić information content (AvgIpc) is 2.30. The Labute approximate surface area is 102 Å². The Hall–Kier alpha value is -2.47. The maximum atomic E-state index is 12.6. The van der Waals surface area contributed by atoms with Crippen molar-refractivity contribution in [3.05, 3.63) is 41.1 Å². The number of benzene rings is 1. The van der Waals surface area contributed by atoms with Crippen LogP contribution < -0.4 is 5.32 Å². The van der Waals surface area contributed by atoms with Gasteiger partial charge in [-0.3, -0.25) is 0 Å². The van der Waals surface area contributed by atoms with Gasteiger partial charge in [0.25, 0.3) is 0 Å². The monoisotopic (exact) mass is 251 g/mol. The SMILES string of the molecule is Cc1c(NC=C(C#N)C#N)cccc1C(F)(F)F. The summed E-state index contributed by atoms with van der Waals surface area (Å²) in [7, 11) is 0. The fourth-order valence-electron chi connectivity index (χ4n) is 1.34. The maximum absolute atomic E-state index is 12.6. The Kier molecular flexibility index (Phi) is 3.96. The van der Waals surface area contributed by atoms with Crippen molar-refractivity contribution in [3.8, 4) is 12.1 Å². The summed E-state index contributed by atoms with van der Waals surface area (Å²) in [4.78, 5) is 0. The maximum Gasteiger partial charge on any atom is 0.416 e. The molecule has 1 aromatic rings. The number of hydrogen-bond acceptors (Lipinski definition) is 3. The third kappa shape index (κ3) is 3.02. The summed E-state index contributed by atoms with van der Waals surface area (Å²) in [5.74, 6) is 0. The van der Waals surface area contributed by atoms with Gasteiger partial charge >= 0.3 is 6.18 Å². The minimum absolute atomic E-state index is 0.0106. The molecule has 3 nitrogen and oxygen atoms in total. The van der Waals surface area contributed by atoms with E-state index in [2.05, 4.69) is 5.32 Å². The molecule has 0 amide bonds. The Bertz CT molecular complexity index is 543. The highest BCUT2D eigenvalue weighted by atomic mass is 19.4. The Morgan fingerprint density at radius 2 is 1.89 bits per heavy atom. The number of halogens is 3. The third-order valence-electron chi connectivity index (χ3n) is 2.25. The molecule has 1 rings (SSSR count). The first-order valence-corrected chi connectivity index (χ1v) is 4.84. The molecular formula is C12H8F3N3. The van der Waals surface area contributed by atoms with Gasteiger partial charge in [0.2, 0.25) is 0 Å². The topological polar surface area (TPSA) is 59.6 Å². The molecule has 0 spiro atoms. The standard InChI is InChI=1S/C12H8F3N3/c1-8-10(12(13,14)15)3-2-4-11(8)18-7-9(5-16)6-17/h2-4,7,18H,1H3. The van der Waals surface area contributed by atoms with Gasteiger partial charge in [-0.25, -0.2) is 0 Å². The van der Waals surface area contributed by atoms with Crippen LogP contribution in [0.4, 0.5) is 18.9 Å². The molecule has 0 fully saturated rings. The predicted octanol–water partition coefficient (Wildman–Crippen LogP) is 3.36. The van der Waals surface area contributed by atoms with Crippen LogP contribution in [0, 0.1) is 29.6 Å². The Morgan fingerprint density at radius 3 is 2.39 bits per heavy atom. The fraction of sp³-hybridized carbons (Fsp3) is 0.167. The molecule has 0 aliphatic rings. The lowest BCUT2D eigenvalue weighted by atomic mass is 10.1. The number of alkyl halides is 3. The zero-order chi connectivity index (χ0) is 13.8. The molecule has 0 bridgehead atoms. The van der Waals surface area contributed by atoms with Gasteiger partial charge in [0.15, 0.2) is 0 Å². The molecule has 0 unspecified atom stereocenters. The molecule has 0 aromatic heterocycles. The average molecular weight is 251 g/mol. The lowest BCUT2D eigenvalue weighted by Gasteiger charge is -2.13. The first-order valence-electron chi connectivity index (χ1n) is 4.84. The van der Waals surface area contributed by atoms with Crippen molar-refractivity contribution >= 4 is 5.69 Å². The van der Waals surface area contributed by atoms with Crippen LogP contribution in [0.15, 0.2) is 30.0 Å². The van der Waals surface area contributed by atoms with E-state index in [1.165, 1.54) is 19.1 Å². The predicted molar refractivity (Wildman–Crippen MR) is 59.1 cm³/mol. The van der Waals surface area contributed by atoms with Crippen molar-refractivity contribution in [2.75, 3.05) is 5.32 Å². The van der Waals surface area contributed by atoms with Crippen molar-refractivity contribution in [2.24, 2.45) is 0 Å². The van der Waals surface area contributed by atoms with Gasteiger partial charge in [-0.1, -0.05) is 6.07 Å². The first-order chi connectivity index (χ1) is 8.40. The minimum Gasteiger partial charge on any atom is -0.360 e. The molecule has 0 aliphatic carbocycles. The van der Waals surface area contributed by atoms with Crippen molar-refractivity contribution in [2.45, 2.75) is 13.1 Å². The van der Waals surface area contributed by atoms with Crippen molar-refractivity contribution < 1.29 is 13.2 Å². The van der Waals surface area contributed by atoms with Crippen LogP contribution in [0.5, 0.6) is 0 Å². The van der Waals surface area contributed by atoms with Crippen LogP contribution in [0.2, 0.25) is 0 Å². The summed E-state index contributed by atoms with van der Waals surface area (Å²) in [6.45, 7) is 1.32. The second kappa shape index (κ2) is 5.24. The quantitative estimate of drug-likeness (QED) is 0.820. The van der Waals surface area contributed by atoms with Gasteiger partial charge in [-0.2, -0.15) is 23.7 Å². The van der Waals surface area contributed by atoms with Crippen LogP contribution in [0.3, 0.4) is 0 Å². The second-order valence-corrected chi connectivity index (χ2v) is 3.40. The van der Waals surface area contributed by atoms with Gasteiger partial charge in [0, 0.05) is 11.9 Å². The normalized spacial score (nSPS) is 10.1. The van der Waals surface area contributed by atoms with E-state index in [4.69, 9.17) is 10.5 Å². The highest BCUT2D eigenvalue weighted by molar-refractivity contribution is 5.57. The lowest BCUT2D eigenvalue weighted by Crippen LogP contribution is -2.08. The van der Waals surface area contributed by atoms with Gasteiger partial charge in [0.05, 0.1) is 5.56 Å². The fourth-order valence-corrected chi connectivity index (χ4v) is 1.34. The van der Waals surface area contributed by atoms with Gasteiger partial charge in [-0.05, 0) is 24.6 Å².